The van der Waals surface area contributed by atoms with Crippen LogP contribution >= 0.6 is 23.8 Å². The first-order valence-corrected chi connectivity index (χ1v) is 9.59. The van der Waals surface area contributed by atoms with Crippen LogP contribution in [0.2, 0.25) is 5.02 Å². The van der Waals surface area contributed by atoms with E-state index in [1.165, 1.54) is 11.3 Å². The van der Waals surface area contributed by atoms with Crippen LogP contribution in [0.4, 0.5) is 11.4 Å². The van der Waals surface area contributed by atoms with Gasteiger partial charge in [-0.15, -0.1) is 0 Å². The van der Waals surface area contributed by atoms with Gasteiger partial charge >= 0.3 is 0 Å². The zero-order valence-corrected chi connectivity index (χ0v) is 17.4. The van der Waals surface area contributed by atoms with Gasteiger partial charge in [-0.2, -0.15) is 0 Å². The number of rotatable bonds is 4. The Labute approximate surface area is 170 Å². The maximum Gasteiger partial charge on any atom is 0.173 e. The van der Waals surface area contributed by atoms with Gasteiger partial charge in [-0.1, -0.05) is 17.7 Å². The normalized spacial score (nSPS) is 14.1. The van der Waals surface area contributed by atoms with Crippen molar-refractivity contribution in [1.29, 1.82) is 0 Å². The van der Waals surface area contributed by atoms with Crippen molar-refractivity contribution in [1.82, 2.24) is 4.90 Å². The second-order valence-corrected chi connectivity index (χ2v) is 7.22. The Morgan fingerprint density at radius 3 is 2.44 bits per heavy atom. The summed E-state index contributed by atoms with van der Waals surface area (Å²) < 4.78 is 10.7. The molecule has 27 heavy (non-hydrogen) atoms. The summed E-state index contributed by atoms with van der Waals surface area (Å²) in [5.74, 6) is 1.44. The Kier molecular flexibility index (Phi) is 6.29. The van der Waals surface area contributed by atoms with Crippen LogP contribution in [-0.4, -0.2) is 50.4 Å². The third-order valence-electron chi connectivity index (χ3n) is 4.73. The molecule has 1 aliphatic heterocycles. The molecule has 0 radical (unpaired) electrons. The van der Waals surface area contributed by atoms with Crippen LogP contribution in [0.25, 0.3) is 0 Å². The fourth-order valence-electron chi connectivity index (χ4n) is 3.17. The fourth-order valence-corrected chi connectivity index (χ4v) is 3.63. The first-order chi connectivity index (χ1) is 13.0. The smallest absolute Gasteiger partial charge is 0.173 e. The van der Waals surface area contributed by atoms with Gasteiger partial charge in [-0.3, -0.25) is 0 Å². The predicted octanol–water partition coefficient (Wildman–Crippen LogP) is 4.18. The van der Waals surface area contributed by atoms with Gasteiger partial charge in [-0.05, 0) is 49.0 Å². The maximum absolute atomic E-state index is 6.17. The summed E-state index contributed by atoms with van der Waals surface area (Å²) in [6.07, 6.45) is 0. The zero-order valence-electron chi connectivity index (χ0n) is 15.8. The van der Waals surface area contributed by atoms with Crippen molar-refractivity contribution in [2.24, 2.45) is 0 Å². The van der Waals surface area contributed by atoms with E-state index >= 15 is 0 Å². The van der Waals surface area contributed by atoms with Gasteiger partial charge in [0.25, 0.3) is 0 Å². The van der Waals surface area contributed by atoms with Gasteiger partial charge < -0.3 is 24.6 Å². The Bertz CT molecular complexity index is 823. The second-order valence-electron chi connectivity index (χ2n) is 6.40. The second kappa shape index (κ2) is 8.67. The molecule has 0 bridgehead atoms. The van der Waals surface area contributed by atoms with Gasteiger partial charge in [0.05, 0.1) is 19.9 Å². The van der Waals surface area contributed by atoms with Gasteiger partial charge in [0, 0.05) is 43.0 Å². The third-order valence-corrected chi connectivity index (χ3v) is 5.32. The van der Waals surface area contributed by atoms with Crippen molar-refractivity contribution in [2.45, 2.75) is 6.92 Å². The van der Waals surface area contributed by atoms with E-state index < -0.39 is 0 Å². The Morgan fingerprint density at radius 1 is 1.04 bits per heavy atom. The lowest BCUT2D eigenvalue weighted by atomic mass is 10.1. The van der Waals surface area contributed by atoms with Crippen molar-refractivity contribution in [3.63, 3.8) is 0 Å². The monoisotopic (exact) mass is 405 g/mol. The number of aryl methyl sites for hydroxylation is 1. The highest BCUT2D eigenvalue weighted by Crippen LogP contribution is 2.30. The fraction of sp³-hybridized carbons (Fsp3) is 0.350. The zero-order chi connectivity index (χ0) is 19.4. The summed E-state index contributed by atoms with van der Waals surface area (Å²) >= 11 is 11.8. The van der Waals surface area contributed by atoms with E-state index in [-0.39, 0.29) is 0 Å². The molecule has 3 rings (SSSR count). The van der Waals surface area contributed by atoms with Crippen molar-refractivity contribution in [3.05, 3.63) is 47.0 Å². The van der Waals surface area contributed by atoms with Crippen LogP contribution in [0.3, 0.4) is 0 Å². The summed E-state index contributed by atoms with van der Waals surface area (Å²) in [4.78, 5) is 4.53. The SMILES string of the molecule is COc1ccc(NC(=S)N2CCN(c3cc(Cl)ccc3C)CC2)c(OC)c1. The van der Waals surface area contributed by atoms with E-state index in [0.717, 1.165) is 42.6 Å². The molecule has 0 amide bonds. The summed E-state index contributed by atoms with van der Waals surface area (Å²) in [6.45, 7) is 5.58. The third kappa shape index (κ3) is 4.57. The highest BCUT2D eigenvalue weighted by Gasteiger charge is 2.21. The number of halogens is 1. The van der Waals surface area contributed by atoms with Gasteiger partial charge in [0.15, 0.2) is 5.11 Å². The number of hydrogen-bond acceptors (Lipinski definition) is 4. The van der Waals surface area contributed by atoms with E-state index in [9.17, 15) is 0 Å². The van der Waals surface area contributed by atoms with Crippen LogP contribution in [0.1, 0.15) is 5.56 Å². The van der Waals surface area contributed by atoms with E-state index in [1.807, 2.05) is 30.3 Å². The van der Waals surface area contributed by atoms with Gasteiger partial charge in [0.2, 0.25) is 0 Å². The Hall–Kier alpha value is -2.18. The van der Waals surface area contributed by atoms with E-state index in [4.69, 9.17) is 33.3 Å². The average Bonchev–Trinajstić information content (AvgIpc) is 2.70. The average molecular weight is 406 g/mol. The summed E-state index contributed by atoms with van der Waals surface area (Å²) in [5.41, 5.74) is 3.26. The number of nitrogens with zero attached hydrogens (tertiary/aromatic N) is 2. The molecule has 1 fully saturated rings. The lowest BCUT2D eigenvalue weighted by Gasteiger charge is -2.38. The molecule has 0 unspecified atom stereocenters. The molecule has 2 aromatic carbocycles. The Morgan fingerprint density at radius 2 is 1.78 bits per heavy atom. The van der Waals surface area contributed by atoms with Crippen molar-refractivity contribution in [3.8, 4) is 11.5 Å². The van der Waals surface area contributed by atoms with E-state index in [1.54, 1.807) is 14.2 Å². The molecule has 0 aliphatic carbocycles. The first-order valence-electron chi connectivity index (χ1n) is 8.81. The minimum atomic E-state index is 0.695. The van der Waals surface area contributed by atoms with Crippen molar-refractivity contribution < 1.29 is 9.47 Å². The van der Waals surface area contributed by atoms with Gasteiger partial charge in [0.1, 0.15) is 11.5 Å². The van der Waals surface area contributed by atoms with E-state index in [2.05, 4.69) is 28.1 Å². The van der Waals surface area contributed by atoms with Crippen molar-refractivity contribution in [2.75, 3.05) is 50.6 Å². The summed E-state index contributed by atoms with van der Waals surface area (Å²) in [5, 5.41) is 4.76. The minimum Gasteiger partial charge on any atom is -0.497 e. The number of anilines is 2. The molecule has 0 saturated carbocycles. The highest BCUT2D eigenvalue weighted by atomic mass is 35.5. The van der Waals surface area contributed by atoms with Crippen LogP contribution in [0.15, 0.2) is 36.4 Å². The molecule has 2 aromatic rings. The van der Waals surface area contributed by atoms with E-state index in [0.29, 0.717) is 10.9 Å². The topological polar surface area (TPSA) is 37.0 Å². The highest BCUT2D eigenvalue weighted by molar-refractivity contribution is 7.80. The van der Waals surface area contributed by atoms with Crippen LogP contribution in [0, 0.1) is 6.92 Å². The molecule has 144 valence electrons. The first kappa shape index (κ1) is 19.6. The lowest BCUT2D eigenvalue weighted by Crippen LogP contribution is -2.50. The standard InChI is InChI=1S/C20H24ClN3O2S/c1-14-4-5-15(21)12-18(14)23-8-10-24(11-9-23)20(27)22-17-7-6-16(25-2)13-19(17)26-3/h4-7,12-13H,8-11H2,1-3H3,(H,22,27). The molecular weight excluding hydrogens is 382 g/mol. The minimum absolute atomic E-state index is 0.695. The van der Waals surface area contributed by atoms with Crippen molar-refractivity contribution >= 4 is 40.3 Å². The number of piperazine rings is 1. The summed E-state index contributed by atoms with van der Waals surface area (Å²) in [7, 11) is 3.27. The summed E-state index contributed by atoms with van der Waals surface area (Å²) in [6, 6.07) is 11.7. The molecule has 0 spiro atoms. The molecule has 0 aromatic heterocycles. The molecule has 1 heterocycles. The molecule has 7 heteroatoms. The molecule has 5 nitrogen and oxygen atoms in total. The van der Waals surface area contributed by atoms with Crippen LogP contribution in [-0.2, 0) is 0 Å². The number of benzene rings is 2. The number of ether oxygens (including phenoxy) is 2. The van der Waals surface area contributed by atoms with Gasteiger partial charge in [-0.25, -0.2) is 0 Å². The number of hydrogen-bond donors (Lipinski definition) is 1. The van der Waals surface area contributed by atoms with Crippen LogP contribution < -0.4 is 19.7 Å². The molecule has 1 saturated heterocycles. The van der Waals surface area contributed by atoms with Crippen LogP contribution in [0.5, 0.6) is 11.5 Å². The Balaban J connectivity index is 1.63. The largest absolute Gasteiger partial charge is 0.497 e. The predicted molar refractivity (Wildman–Crippen MR) is 116 cm³/mol. The quantitative estimate of drug-likeness (QED) is 0.769. The molecule has 1 N–H and O–H groups in total. The maximum atomic E-state index is 6.17. The lowest BCUT2D eigenvalue weighted by molar-refractivity contribution is 0.388. The number of nitrogens with one attached hydrogen (secondary N) is 1. The number of thiocarbonyl (C=S) groups is 1. The molecule has 1 aliphatic rings. The molecular formula is C20H24ClN3O2S. The number of methoxy groups -OCH3 is 2. The molecule has 0 atom stereocenters.